The fourth-order valence-electron chi connectivity index (χ4n) is 1.98. The number of carbonyl (C=O) groups is 1. The highest BCUT2D eigenvalue weighted by Gasteiger charge is 2.31. The Kier molecular flexibility index (Phi) is 3.81. The largest absolute Gasteiger partial charge is 0.477 e. The van der Waals surface area contributed by atoms with E-state index in [-0.39, 0.29) is 24.3 Å². The second kappa shape index (κ2) is 5.35. The quantitative estimate of drug-likeness (QED) is 0.842. The number of rotatable bonds is 4. The van der Waals surface area contributed by atoms with Gasteiger partial charge in [-0.3, -0.25) is 4.79 Å². The van der Waals surface area contributed by atoms with Gasteiger partial charge in [0, 0.05) is 24.6 Å². The summed E-state index contributed by atoms with van der Waals surface area (Å²) in [6, 6.07) is 4.54. The molecule has 0 aromatic heterocycles. The van der Waals surface area contributed by atoms with Crippen molar-refractivity contribution in [3.8, 4) is 5.75 Å². The molecule has 2 N–H and O–H groups in total. The van der Waals surface area contributed by atoms with E-state index in [2.05, 4.69) is 5.32 Å². The molecule has 18 heavy (non-hydrogen) atoms. The molecular weight excluding hydrogens is 237 g/mol. The molecule has 4 nitrogen and oxygen atoms in total. The Labute approximate surface area is 105 Å². The lowest BCUT2D eigenvalue weighted by molar-refractivity contribution is -0.128. The number of carbonyl (C=O) groups excluding carboxylic acids is 1. The van der Waals surface area contributed by atoms with E-state index in [9.17, 15) is 9.18 Å². The molecule has 5 heteroatoms. The van der Waals surface area contributed by atoms with Gasteiger partial charge in [0.2, 0.25) is 0 Å². The highest BCUT2D eigenvalue weighted by molar-refractivity contribution is 5.82. The van der Waals surface area contributed by atoms with E-state index in [0.717, 1.165) is 0 Å². The predicted octanol–water partition coefficient (Wildman–Crippen LogP) is 1.02. The maximum atomic E-state index is 13.4. The molecule has 1 heterocycles. The molecule has 98 valence electrons. The Morgan fingerprint density at radius 1 is 1.67 bits per heavy atom. The van der Waals surface area contributed by atoms with Crippen molar-refractivity contribution < 1.29 is 19.0 Å². The summed E-state index contributed by atoms with van der Waals surface area (Å²) in [6.07, 6.45) is 0.183. The lowest BCUT2D eigenvalue weighted by Crippen LogP contribution is -2.42. The molecule has 2 atom stereocenters. The number of halogens is 1. The highest BCUT2D eigenvalue weighted by Crippen LogP contribution is 2.31. The van der Waals surface area contributed by atoms with Crippen molar-refractivity contribution in [2.45, 2.75) is 31.9 Å². The Balaban J connectivity index is 1.98. The van der Waals surface area contributed by atoms with Crippen LogP contribution in [-0.4, -0.2) is 29.8 Å². The zero-order valence-electron chi connectivity index (χ0n) is 10.1. The second-order valence-electron chi connectivity index (χ2n) is 4.46. The fraction of sp³-hybridized carbons (Fsp3) is 0.462. The van der Waals surface area contributed by atoms with Gasteiger partial charge in [0.25, 0.3) is 5.91 Å². The number of ether oxygens (including phenoxy) is 1. The molecule has 1 aromatic rings. The van der Waals surface area contributed by atoms with Gasteiger partial charge in [-0.15, -0.1) is 0 Å². The minimum atomic E-state index is -0.682. The summed E-state index contributed by atoms with van der Waals surface area (Å²) in [5.74, 6) is -0.537. The number of amides is 1. The minimum Gasteiger partial charge on any atom is -0.477 e. The maximum absolute atomic E-state index is 13.4. The first-order valence-corrected chi connectivity index (χ1v) is 5.97. The minimum absolute atomic E-state index is 0.0157. The number of para-hydroxylation sites is 1. The van der Waals surface area contributed by atoms with Crippen molar-refractivity contribution in [3.63, 3.8) is 0 Å². The summed E-state index contributed by atoms with van der Waals surface area (Å²) in [4.78, 5) is 11.9. The first-order valence-electron chi connectivity index (χ1n) is 5.97. The van der Waals surface area contributed by atoms with Crippen LogP contribution in [0.4, 0.5) is 4.39 Å². The molecule has 0 radical (unpaired) electrons. The van der Waals surface area contributed by atoms with E-state index >= 15 is 0 Å². The van der Waals surface area contributed by atoms with E-state index < -0.39 is 11.9 Å². The summed E-state index contributed by atoms with van der Waals surface area (Å²) >= 11 is 0. The number of aliphatic hydroxyl groups is 1. The predicted molar refractivity (Wildman–Crippen MR) is 63.8 cm³/mol. The normalized spacial score (nSPS) is 18.9. The summed E-state index contributed by atoms with van der Waals surface area (Å²) in [5, 5.41) is 11.5. The second-order valence-corrected chi connectivity index (χ2v) is 4.46. The highest BCUT2D eigenvalue weighted by atomic mass is 19.1. The van der Waals surface area contributed by atoms with Crippen LogP contribution in [0.1, 0.15) is 18.9 Å². The number of benzene rings is 1. The molecule has 2 rings (SSSR count). The standard InChI is InChI=1S/C13H16FNO3/c1-8(5-6-16)15-13(17)11-7-9-3-2-4-10(14)12(9)18-11/h2-4,8,11,16H,5-7H2,1H3,(H,15,17). The van der Waals surface area contributed by atoms with E-state index in [0.29, 0.717) is 18.4 Å². The van der Waals surface area contributed by atoms with Crippen LogP contribution in [0.5, 0.6) is 5.75 Å². The van der Waals surface area contributed by atoms with E-state index in [4.69, 9.17) is 9.84 Å². The van der Waals surface area contributed by atoms with Gasteiger partial charge in [-0.2, -0.15) is 0 Å². The molecule has 2 unspecified atom stereocenters. The molecule has 1 aliphatic heterocycles. The molecule has 0 bridgehead atoms. The van der Waals surface area contributed by atoms with Crippen LogP contribution < -0.4 is 10.1 Å². The van der Waals surface area contributed by atoms with Crippen molar-refractivity contribution in [1.82, 2.24) is 5.32 Å². The van der Waals surface area contributed by atoms with Gasteiger partial charge in [-0.1, -0.05) is 12.1 Å². The Bertz CT molecular complexity index is 450. The number of aliphatic hydroxyl groups excluding tert-OH is 1. The topological polar surface area (TPSA) is 58.6 Å². The summed E-state index contributed by atoms with van der Waals surface area (Å²) in [5.41, 5.74) is 0.713. The average Bonchev–Trinajstić information content (AvgIpc) is 2.74. The molecule has 1 aromatic carbocycles. The molecule has 1 amide bonds. The molecule has 0 fully saturated rings. The van der Waals surface area contributed by atoms with Crippen LogP contribution in [0.25, 0.3) is 0 Å². The Hall–Kier alpha value is -1.62. The molecule has 0 saturated carbocycles. The zero-order chi connectivity index (χ0) is 13.1. The number of hydrogen-bond acceptors (Lipinski definition) is 3. The van der Waals surface area contributed by atoms with Crippen LogP contribution in [0.3, 0.4) is 0 Å². The molecule has 0 aliphatic carbocycles. The monoisotopic (exact) mass is 253 g/mol. The lowest BCUT2D eigenvalue weighted by atomic mass is 10.1. The molecule has 0 saturated heterocycles. The van der Waals surface area contributed by atoms with Crippen molar-refractivity contribution >= 4 is 5.91 Å². The SMILES string of the molecule is CC(CCO)NC(=O)C1Cc2cccc(F)c2O1. The third-order valence-electron chi connectivity index (χ3n) is 2.96. The molecule has 0 spiro atoms. The van der Waals surface area contributed by atoms with Crippen LogP contribution in [0, 0.1) is 5.82 Å². The summed E-state index contributed by atoms with van der Waals surface area (Å²) in [7, 11) is 0. The first kappa shape index (κ1) is 12.8. The van der Waals surface area contributed by atoms with Gasteiger partial charge in [0.15, 0.2) is 17.7 Å². The molecule has 1 aliphatic rings. The Morgan fingerprint density at radius 3 is 3.11 bits per heavy atom. The Morgan fingerprint density at radius 2 is 2.44 bits per heavy atom. The first-order chi connectivity index (χ1) is 8.61. The number of nitrogens with one attached hydrogen (secondary N) is 1. The van der Waals surface area contributed by atoms with Gasteiger partial charge in [-0.05, 0) is 19.4 Å². The van der Waals surface area contributed by atoms with Crippen molar-refractivity contribution in [2.24, 2.45) is 0 Å². The molecular formula is C13H16FNO3. The number of hydrogen-bond donors (Lipinski definition) is 2. The third kappa shape index (κ3) is 2.61. The smallest absolute Gasteiger partial charge is 0.261 e. The third-order valence-corrected chi connectivity index (χ3v) is 2.96. The van der Waals surface area contributed by atoms with Crippen molar-refractivity contribution in [2.75, 3.05) is 6.61 Å². The van der Waals surface area contributed by atoms with E-state index in [1.807, 2.05) is 0 Å². The van der Waals surface area contributed by atoms with Crippen LogP contribution >= 0.6 is 0 Å². The van der Waals surface area contributed by atoms with Gasteiger partial charge in [-0.25, -0.2) is 4.39 Å². The number of fused-ring (bicyclic) bond motifs is 1. The van der Waals surface area contributed by atoms with Crippen LogP contribution in [0.2, 0.25) is 0 Å². The maximum Gasteiger partial charge on any atom is 0.261 e. The fourth-order valence-corrected chi connectivity index (χ4v) is 1.98. The van der Waals surface area contributed by atoms with Crippen LogP contribution in [0.15, 0.2) is 18.2 Å². The van der Waals surface area contributed by atoms with E-state index in [1.165, 1.54) is 6.07 Å². The van der Waals surface area contributed by atoms with Gasteiger partial charge >= 0.3 is 0 Å². The van der Waals surface area contributed by atoms with Gasteiger partial charge < -0.3 is 15.2 Å². The average molecular weight is 253 g/mol. The summed E-state index contributed by atoms with van der Waals surface area (Å²) in [6.45, 7) is 1.82. The summed E-state index contributed by atoms with van der Waals surface area (Å²) < 4.78 is 18.8. The van der Waals surface area contributed by atoms with E-state index in [1.54, 1.807) is 19.1 Å². The lowest BCUT2D eigenvalue weighted by Gasteiger charge is -2.16. The zero-order valence-corrected chi connectivity index (χ0v) is 10.1. The van der Waals surface area contributed by atoms with Gasteiger partial charge in [0.05, 0.1) is 0 Å². The van der Waals surface area contributed by atoms with Crippen LogP contribution in [-0.2, 0) is 11.2 Å². The van der Waals surface area contributed by atoms with Gasteiger partial charge in [0.1, 0.15) is 0 Å². The van der Waals surface area contributed by atoms with Crippen molar-refractivity contribution in [1.29, 1.82) is 0 Å². The van der Waals surface area contributed by atoms with Crippen molar-refractivity contribution in [3.05, 3.63) is 29.6 Å².